The number of carbonyl (C=O) groups is 3. The van der Waals surface area contributed by atoms with Crippen molar-refractivity contribution in [1.29, 1.82) is 0 Å². The third kappa shape index (κ3) is 6.41. The molecule has 176 valence electrons. The van der Waals surface area contributed by atoms with Crippen LogP contribution in [0, 0.1) is 0 Å². The van der Waals surface area contributed by atoms with E-state index in [-0.39, 0.29) is 23.6 Å². The highest BCUT2D eigenvalue weighted by atomic mass is 35.5. The molecule has 34 heavy (non-hydrogen) atoms. The number of hydrogen-bond donors (Lipinski definition) is 5. The number of amides is 1. The molecule has 0 bridgehead atoms. The summed E-state index contributed by atoms with van der Waals surface area (Å²) in [5, 5.41) is 33.2. The molecule has 3 aromatic carbocycles. The zero-order chi connectivity index (χ0) is 24.7. The summed E-state index contributed by atoms with van der Waals surface area (Å²) in [6, 6.07) is 19.7. The van der Waals surface area contributed by atoms with Crippen LogP contribution in [-0.2, 0) is 22.6 Å². The Morgan fingerprint density at radius 3 is 2.15 bits per heavy atom. The monoisotopic (exact) mass is 482 g/mol. The average molecular weight is 483 g/mol. The van der Waals surface area contributed by atoms with E-state index in [1.165, 1.54) is 6.07 Å². The number of carbonyl (C=O) groups excluding carboxylic acids is 1. The smallest absolute Gasteiger partial charge is 0.347 e. The van der Waals surface area contributed by atoms with Crippen molar-refractivity contribution in [2.75, 3.05) is 0 Å². The SMILES string of the molecule is O=C(N[C@@H](Cc1ccc(-c2ccccc2CNC(O)C(=O)O)cc1)C(=O)O)c1ccccc1Cl. The van der Waals surface area contributed by atoms with E-state index >= 15 is 0 Å². The van der Waals surface area contributed by atoms with E-state index in [0.29, 0.717) is 5.56 Å². The number of benzene rings is 3. The molecule has 9 heteroatoms. The number of rotatable bonds is 10. The van der Waals surface area contributed by atoms with Crippen molar-refractivity contribution in [3.63, 3.8) is 0 Å². The Balaban J connectivity index is 1.72. The average Bonchev–Trinajstić information content (AvgIpc) is 2.82. The van der Waals surface area contributed by atoms with E-state index < -0.39 is 30.1 Å². The number of nitrogens with one attached hydrogen (secondary N) is 2. The van der Waals surface area contributed by atoms with Crippen molar-refractivity contribution < 1.29 is 29.7 Å². The molecule has 5 N–H and O–H groups in total. The minimum Gasteiger partial charge on any atom is -0.480 e. The van der Waals surface area contributed by atoms with Gasteiger partial charge in [0.2, 0.25) is 6.23 Å². The molecule has 0 saturated heterocycles. The van der Waals surface area contributed by atoms with Crippen LogP contribution in [-0.4, -0.2) is 45.4 Å². The third-order valence-electron chi connectivity index (χ3n) is 5.16. The lowest BCUT2D eigenvalue weighted by Gasteiger charge is -2.16. The van der Waals surface area contributed by atoms with E-state index in [4.69, 9.17) is 16.7 Å². The first kappa shape index (κ1) is 24.9. The quantitative estimate of drug-likeness (QED) is 0.280. The first-order chi connectivity index (χ1) is 16.3. The summed E-state index contributed by atoms with van der Waals surface area (Å²) in [6.07, 6.45) is -1.61. The van der Waals surface area contributed by atoms with E-state index in [1.807, 2.05) is 30.3 Å². The summed E-state index contributed by atoms with van der Waals surface area (Å²) in [7, 11) is 0. The third-order valence-corrected chi connectivity index (χ3v) is 5.49. The lowest BCUT2D eigenvalue weighted by atomic mass is 9.97. The van der Waals surface area contributed by atoms with Gasteiger partial charge in [0.15, 0.2) is 0 Å². The van der Waals surface area contributed by atoms with E-state index in [9.17, 15) is 24.6 Å². The van der Waals surface area contributed by atoms with Gasteiger partial charge in [-0.1, -0.05) is 72.3 Å². The highest BCUT2D eigenvalue weighted by Crippen LogP contribution is 2.24. The Morgan fingerprint density at radius 1 is 0.853 bits per heavy atom. The molecule has 1 amide bonds. The number of carboxylic acids is 2. The van der Waals surface area contributed by atoms with Crippen LogP contribution >= 0.6 is 11.6 Å². The molecule has 2 atom stereocenters. The highest BCUT2D eigenvalue weighted by Gasteiger charge is 2.22. The summed E-state index contributed by atoms with van der Waals surface area (Å²) in [4.78, 5) is 35.1. The summed E-state index contributed by atoms with van der Waals surface area (Å²) in [5.41, 5.74) is 3.35. The van der Waals surface area contributed by atoms with Crippen molar-refractivity contribution in [2.45, 2.75) is 25.2 Å². The Bertz CT molecular complexity index is 1180. The lowest BCUT2D eigenvalue weighted by molar-refractivity contribution is -0.148. The fourth-order valence-corrected chi connectivity index (χ4v) is 3.61. The molecule has 0 spiro atoms. The summed E-state index contributed by atoms with van der Waals surface area (Å²) in [6.45, 7) is 0.139. The van der Waals surface area contributed by atoms with E-state index in [2.05, 4.69) is 10.6 Å². The number of hydrogen-bond acceptors (Lipinski definition) is 5. The van der Waals surface area contributed by atoms with Gasteiger partial charge in [0, 0.05) is 13.0 Å². The van der Waals surface area contributed by atoms with Crippen LogP contribution in [0.2, 0.25) is 5.02 Å². The molecule has 1 unspecified atom stereocenters. The van der Waals surface area contributed by atoms with Gasteiger partial charge < -0.3 is 20.6 Å². The first-order valence-electron chi connectivity index (χ1n) is 10.4. The summed E-state index contributed by atoms with van der Waals surface area (Å²) in [5.74, 6) is -3.10. The predicted molar refractivity (Wildman–Crippen MR) is 126 cm³/mol. The molecule has 0 saturated carbocycles. The second-order valence-corrected chi connectivity index (χ2v) is 7.93. The second kappa shape index (κ2) is 11.4. The number of aliphatic hydroxyl groups is 1. The number of aliphatic carboxylic acids is 2. The number of aliphatic hydroxyl groups excluding tert-OH is 1. The van der Waals surface area contributed by atoms with Crippen molar-refractivity contribution in [3.8, 4) is 11.1 Å². The van der Waals surface area contributed by atoms with Crippen LogP contribution in [0.5, 0.6) is 0 Å². The van der Waals surface area contributed by atoms with E-state index in [0.717, 1.165) is 16.7 Å². The molecule has 0 aliphatic carbocycles. The maximum Gasteiger partial charge on any atom is 0.347 e. The zero-order valence-electron chi connectivity index (χ0n) is 17.9. The molecule has 3 aromatic rings. The first-order valence-corrected chi connectivity index (χ1v) is 10.7. The Kier molecular flexibility index (Phi) is 8.37. The van der Waals surface area contributed by atoms with Gasteiger partial charge in [0.05, 0.1) is 10.6 Å². The van der Waals surface area contributed by atoms with Gasteiger partial charge in [-0.15, -0.1) is 0 Å². The minimum absolute atomic E-state index is 0.0693. The van der Waals surface area contributed by atoms with Gasteiger partial charge in [0.25, 0.3) is 5.91 Å². The van der Waals surface area contributed by atoms with Crippen LogP contribution in [0.15, 0.2) is 72.8 Å². The topological polar surface area (TPSA) is 136 Å². The lowest BCUT2D eigenvalue weighted by Crippen LogP contribution is -2.42. The van der Waals surface area contributed by atoms with Crippen LogP contribution < -0.4 is 10.6 Å². The summed E-state index contributed by atoms with van der Waals surface area (Å²) < 4.78 is 0. The molecule has 0 aliphatic heterocycles. The maximum absolute atomic E-state index is 12.5. The Hall–Kier alpha value is -3.72. The molecule has 0 aromatic heterocycles. The standard InChI is InChI=1S/C25H23ClN2O6/c26-20-8-4-3-7-19(20)22(29)28-21(24(31)32)13-15-9-11-16(12-10-15)18-6-2-1-5-17(18)14-27-23(30)25(33)34/h1-12,21,23,27,30H,13-14H2,(H,28,29)(H,31,32)(H,33,34)/t21-,23?/m0/s1. The van der Waals surface area contributed by atoms with Gasteiger partial charge in [-0.05, 0) is 34.4 Å². The molecule has 0 aliphatic rings. The molecule has 0 fully saturated rings. The summed E-state index contributed by atoms with van der Waals surface area (Å²) >= 11 is 6.03. The van der Waals surface area contributed by atoms with Gasteiger partial charge in [-0.2, -0.15) is 0 Å². The molecule has 0 radical (unpaired) electrons. The molecular formula is C25H23ClN2O6. The predicted octanol–water partition coefficient (Wildman–Crippen LogP) is 2.93. The minimum atomic E-state index is -1.68. The van der Waals surface area contributed by atoms with Crippen molar-refractivity contribution in [1.82, 2.24) is 10.6 Å². The normalized spacial score (nSPS) is 12.5. The number of carboxylic acid groups (broad SMARTS) is 2. The van der Waals surface area contributed by atoms with E-state index in [1.54, 1.807) is 36.4 Å². The molecular weight excluding hydrogens is 460 g/mol. The number of halogens is 1. The van der Waals surface area contributed by atoms with Gasteiger partial charge in [-0.3, -0.25) is 10.1 Å². The van der Waals surface area contributed by atoms with Crippen molar-refractivity contribution in [3.05, 3.63) is 94.5 Å². The van der Waals surface area contributed by atoms with Crippen LogP contribution in [0.25, 0.3) is 11.1 Å². The Morgan fingerprint density at radius 2 is 1.50 bits per heavy atom. The van der Waals surface area contributed by atoms with Crippen LogP contribution in [0.4, 0.5) is 0 Å². The maximum atomic E-state index is 12.5. The fraction of sp³-hybridized carbons (Fsp3) is 0.160. The van der Waals surface area contributed by atoms with Crippen LogP contribution in [0.1, 0.15) is 21.5 Å². The molecule has 3 rings (SSSR count). The fourth-order valence-electron chi connectivity index (χ4n) is 3.39. The second-order valence-electron chi connectivity index (χ2n) is 7.52. The van der Waals surface area contributed by atoms with Crippen molar-refractivity contribution >= 4 is 29.4 Å². The van der Waals surface area contributed by atoms with Gasteiger partial charge >= 0.3 is 11.9 Å². The van der Waals surface area contributed by atoms with Crippen molar-refractivity contribution in [2.24, 2.45) is 0 Å². The molecule has 8 nitrogen and oxygen atoms in total. The largest absolute Gasteiger partial charge is 0.480 e. The highest BCUT2D eigenvalue weighted by molar-refractivity contribution is 6.33. The Labute approximate surface area is 200 Å². The van der Waals surface area contributed by atoms with Gasteiger partial charge in [0.1, 0.15) is 6.04 Å². The molecule has 0 heterocycles. The van der Waals surface area contributed by atoms with Gasteiger partial charge in [-0.25, -0.2) is 9.59 Å². The van der Waals surface area contributed by atoms with Crippen LogP contribution in [0.3, 0.4) is 0 Å². The zero-order valence-corrected chi connectivity index (χ0v) is 18.7.